The van der Waals surface area contributed by atoms with Gasteiger partial charge in [0.25, 0.3) is 5.91 Å². The average Bonchev–Trinajstić information content (AvgIpc) is 3.11. The van der Waals surface area contributed by atoms with Crippen molar-refractivity contribution < 1.29 is 14.7 Å². The van der Waals surface area contributed by atoms with E-state index in [1.165, 1.54) is 32.1 Å². The van der Waals surface area contributed by atoms with E-state index >= 15 is 0 Å². The van der Waals surface area contributed by atoms with Crippen molar-refractivity contribution in [2.24, 2.45) is 5.92 Å². The number of aliphatic hydroxyl groups is 1. The third-order valence-corrected chi connectivity index (χ3v) is 8.23. The molecule has 2 amide bonds. The number of hydrogen-bond acceptors (Lipinski definition) is 5. The first-order chi connectivity index (χ1) is 16.6. The molecule has 188 valence electrons. The number of likely N-dealkylation sites (N-methyl/N-ethyl adjacent to an activating group) is 1. The Morgan fingerprint density at radius 3 is 2.35 bits per heavy atom. The fraction of sp³-hybridized carbons (Fsp3) is 0.704. The predicted octanol–water partition coefficient (Wildman–Crippen LogP) is 2.40. The quantitative estimate of drug-likeness (QED) is 0.489. The van der Waals surface area contributed by atoms with Crippen LogP contribution in [-0.2, 0) is 4.79 Å². The van der Waals surface area contributed by atoms with Crippen LogP contribution in [0, 0.1) is 5.92 Å². The van der Waals surface area contributed by atoms with Crippen LogP contribution in [0.4, 0.5) is 0 Å². The van der Waals surface area contributed by atoms with Crippen LogP contribution >= 0.6 is 0 Å². The van der Waals surface area contributed by atoms with Gasteiger partial charge in [-0.1, -0.05) is 37.5 Å². The smallest absolute Gasteiger partial charge is 0.251 e. The van der Waals surface area contributed by atoms with Crippen molar-refractivity contribution in [3.05, 3.63) is 35.9 Å². The van der Waals surface area contributed by atoms with Gasteiger partial charge in [0.1, 0.15) is 6.04 Å². The van der Waals surface area contributed by atoms with Gasteiger partial charge in [-0.15, -0.1) is 0 Å². The summed E-state index contributed by atoms with van der Waals surface area (Å²) in [5.41, 5.74) is 0.720. The topological polar surface area (TPSA) is 84.9 Å². The van der Waals surface area contributed by atoms with Gasteiger partial charge in [-0.2, -0.15) is 0 Å². The zero-order valence-corrected chi connectivity index (χ0v) is 20.6. The molecule has 2 heterocycles. The minimum atomic E-state index is -0.528. The normalized spacial score (nSPS) is 26.2. The van der Waals surface area contributed by atoms with E-state index in [1.807, 2.05) is 35.2 Å². The minimum Gasteiger partial charge on any atom is -0.394 e. The highest BCUT2D eigenvalue weighted by Gasteiger charge is 2.41. The number of fused-ring (bicyclic) bond motifs is 2. The summed E-state index contributed by atoms with van der Waals surface area (Å²) >= 11 is 0. The number of benzene rings is 1. The van der Waals surface area contributed by atoms with Gasteiger partial charge in [-0.3, -0.25) is 14.5 Å². The Morgan fingerprint density at radius 1 is 1.06 bits per heavy atom. The Kier molecular flexibility index (Phi) is 8.98. The summed E-state index contributed by atoms with van der Waals surface area (Å²) in [5, 5.41) is 15.9. The van der Waals surface area contributed by atoms with Gasteiger partial charge in [0, 0.05) is 43.3 Å². The lowest BCUT2D eigenvalue weighted by Crippen LogP contribution is -2.54. The molecule has 2 unspecified atom stereocenters. The Morgan fingerprint density at radius 2 is 1.74 bits per heavy atom. The van der Waals surface area contributed by atoms with Crippen LogP contribution in [0.5, 0.6) is 0 Å². The molecule has 1 aliphatic carbocycles. The Bertz CT molecular complexity index is 780. The third-order valence-electron chi connectivity index (χ3n) is 8.23. The van der Waals surface area contributed by atoms with E-state index in [0.29, 0.717) is 24.5 Å². The lowest BCUT2D eigenvalue weighted by molar-refractivity contribution is -0.135. The summed E-state index contributed by atoms with van der Waals surface area (Å²) in [6.45, 7) is 2.21. The lowest BCUT2D eigenvalue weighted by Gasteiger charge is -2.41. The molecule has 1 saturated carbocycles. The van der Waals surface area contributed by atoms with Crippen LogP contribution in [0.3, 0.4) is 0 Å². The molecular formula is C27H42N4O3. The third kappa shape index (κ3) is 6.18. The zero-order chi connectivity index (χ0) is 23.9. The molecule has 0 spiro atoms. The number of nitrogens with one attached hydrogen (secondary N) is 2. The van der Waals surface area contributed by atoms with Crippen LogP contribution in [0.15, 0.2) is 30.3 Å². The van der Waals surface area contributed by atoms with E-state index in [2.05, 4.69) is 15.5 Å². The summed E-state index contributed by atoms with van der Waals surface area (Å²) in [6, 6.07) is 10.1. The van der Waals surface area contributed by atoms with Crippen LogP contribution < -0.4 is 10.6 Å². The molecule has 3 aliphatic rings. The first-order valence-electron chi connectivity index (χ1n) is 13.3. The fourth-order valence-electron chi connectivity index (χ4n) is 6.34. The van der Waals surface area contributed by atoms with Gasteiger partial charge in [-0.05, 0) is 63.6 Å². The maximum absolute atomic E-state index is 13.2. The number of nitrogens with zero attached hydrogens (tertiary/aromatic N) is 2. The van der Waals surface area contributed by atoms with Gasteiger partial charge in [0.2, 0.25) is 5.91 Å². The van der Waals surface area contributed by atoms with Crippen LogP contribution in [0.2, 0.25) is 0 Å². The molecule has 34 heavy (non-hydrogen) atoms. The van der Waals surface area contributed by atoms with Crippen molar-refractivity contribution in [1.82, 2.24) is 20.4 Å². The van der Waals surface area contributed by atoms with Gasteiger partial charge in [0.15, 0.2) is 0 Å². The Hall–Kier alpha value is -1.96. The van der Waals surface area contributed by atoms with Crippen molar-refractivity contribution in [3.63, 3.8) is 0 Å². The number of amides is 2. The monoisotopic (exact) mass is 470 g/mol. The second kappa shape index (κ2) is 12.1. The van der Waals surface area contributed by atoms with Gasteiger partial charge in [-0.25, -0.2) is 0 Å². The first-order valence-corrected chi connectivity index (χ1v) is 13.3. The number of piperidine rings is 1. The van der Waals surface area contributed by atoms with Crippen molar-refractivity contribution >= 4 is 11.8 Å². The number of rotatable bonds is 10. The molecule has 4 rings (SSSR count). The molecule has 2 bridgehead atoms. The van der Waals surface area contributed by atoms with Gasteiger partial charge >= 0.3 is 0 Å². The minimum absolute atomic E-state index is 0.0183. The van der Waals surface area contributed by atoms with E-state index in [0.717, 1.165) is 44.3 Å². The highest BCUT2D eigenvalue weighted by Crippen LogP contribution is 2.35. The van der Waals surface area contributed by atoms with Crippen LogP contribution in [0.25, 0.3) is 0 Å². The summed E-state index contributed by atoms with van der Waals surface area (Å²) in [4.78, 5) is 30.4. The van der Waals surface area contributed by atoms with Crippen LogP contribution in [-0.4, -0.2) is 84.2 Å². The lowest BCUT2D eigenvalue weighted by atomic mass is 9.89. The zero-order valence-electron chi connectivity index (χ0n) is 20.6. The second-order valence-corrected chi connectivity index (χ2v) is 10.4. The van der Waals surface area contributed by atoms with Gasteiger partial charge < -0.3 is 20.6 Å². The van der Waals surface area contributed by atoms with Gasteiger partial charge in [0.05, 0.1) is 6.61 Å². The maximum atomic E-state index is 13.2. The van der Waals surface area contributed by atoms with Crippen molar-refractivity contribution in [3.8, 4) is 0 Å². The molecule has 0 radical (unpaired) electrons. The summed E-state index contributed by atoms with van der Waals surface area (Å²) in [6.07, 6.45) is 10.5. The molecule has 2 saturated heterocycles. The summed E-state index contributed by atoms with van der Waals surface area (Å²) in [7, 11) is 1.74. The van der Waals surface area contributed by atoms with E-state index in [1.54, 1.807) is 7.05 Å². The van der Waals surface area contributed by atoms with Crippen molar-refractivity contribution in [1.29, 1.82) is 0 Å². The predicted molar refractivity (Wildman–Crippen MR) is 134 cm³/mol. The second-order valence-electron chi connectivity index (χ2n) is 10.4. The van der Waals surface area contributed by atoms with Crippen LogP contribution in [0.1, 0.15) is 68.1 Å². The average molecular weight is 471 g/mol. The molecule has 1 aromatic carbocycles. The highest BCUT2D eigenvalue weighted by atomic mass is 16.3. The standard InChI is InChI=1S/C27H42N4O3/c1-28-25(19-32)27(34)30(18-20-8-4-2-5-9-20)14-15-31-23-12-13-24(31)17-22(16-23)29-26(33)21-10-6-3-7-11-21/h3,6-7,10-11,20,22-25,28,32H,2,4-5,8-9,12-19H2,1H3,(H,29,33)/t22?,23?,24?,25-/m0/s1. The number of hydrogen-bond donors (Lipinski definition) is 3. The van der Waals surface area contributed by atoms with Crippen molar-refractivity contribution in [2.75, 3.05) is 33.3 Å². The Balaban J connectivity index is 1.33. The molecule has 1 aromatic rings. The van der Waals surface area contributed by atoms with E-state index in [9.17, 15) is 14.7 Å². The van der Waals surface area contributed by atoms with E-state index < -0.39 is 6.04 Å². The maximum Gasteiger partial charge on any atom is 0.251 e. The molecule has 7 heteroatoms. The van der Waals surface area contributed by atoms with Crippen molar-refractivity contribution in [2.45, 2.75) is 82.0 Å². The molecule has 3 N–H and O–H groups in total. The first kappa shape index (κ1) is 25.1. The number of carbonyl (C=O) groups is 2. The fourth-order valence-corrected chi connectivity index (χ4v) is 6.34. The highest BCUT2D eigenvalue weighted by molar-refractivity contribution is 5.94. The molecule has 3 atom stereocenters. The molecule has 3 fully saturated rings. The molecule has 0 aromatic heterocycles. The van der Waals surface area contributed by atoms with E-state index in [4.69, 9.17) is 0 Å². The number of carbonyl (C=O) groups excluding carboxylic acids is 2. The largest absolute Gasteiger partial charge is 0.394 e. The molecular weight excluding hydrogens is 428 g/mol. The number of aliphatic hydroxyl groups excluding tert-OH is 1. The SMILES string of the molecule is CN[C@@H](CO)C(=O)N(CCN1C2CCC1CC(NC(=O)c1ccccc1)C2)CC1CCCCC1. The Labute approximate surface area is 204 Å². The molecule has 2 aliphatic heterocycles. The van der Waals surface area contributed by atoms with E-state index in [-0.39, 0.29) is 24.5 Å². The molecule has 7 nitrogen and oxygen atoms in total. The summed E-state index contributed by atoms with van der Waals surface area (Å²) in [5.74, 6) is 0.613. The summed E-state index contributed by atoms with van der Waals surface area (Å²) < 4.78 is 0.